The highest BCUT2D eigenvalue weighted by Crippen LogP contribution is 2.68. The molecule has 9 nitrogen and oxygen atoms in total. The Balaban J connectivity index is 1.79. The predicted octanol–water partition coefficient (Wildman–Crippen LogP) is -0.504. The van der Waals surface area contributed by atoms with E-state index in [9.17, 15) is 19.2 Å². The monoisotopic (exact) mass is 366 g/mol. The summed E-state index contributed by atoms with van der Waals surface area (Å²) >= 11 is 0. The van der Waals surface area contributed by atoms with Crippen LogP contribution in [0.15, 0.2) is 0 Å². The van der Waals surface area contributed by atoms with Gasteiger partial charge in [0.2, 0.25) is 12.4 Å². The molecule has 0 radical (unpaired) electrons. The van der Waals surface area contributed by atoms with Crippen molar-refractivity contribution in [1.82, 2.24) is 0 Å². The maximum Gasteiger partial charge on any atom is 0.351 e. The van der Waals surface area contributed by atoms with Gasteiger partial charge in [0.15, 0.2) is 17.0 Å². The van der Waals surface area contributed by atoms with Crippen LogP contribution in [-0.2, 0) is 42.9 Å². The molecule has 1 unspecified atom stereocenters. The van der Waals surface area contributed by atoms with Gasteiger partial charge in [-0.05, 0) is 18.8 Å². The SMILES string of the molecule is CC(=O)O[C@@H]1C(=O)O[C@@]2(C)[C@H]3C[C@]4(C)[C@@H](COC5O[C@]12[C@H]4C5=O)C(=O)O3. The zero-order chi connectivity index (χ0) is 18.6. The topological polar surface area (TPSA) is 114 Å². The molecule has 4 heterocycles. The Kier molecular flexibility index (Phi) is 2.77. The molecule has 140 valence electrons. The second-order valence-corrected chi connectivity index (χ2v) is 8.12. The first-order valence-electron chi connectivity index (χ1n) is 8.59. The molecule has 4 bridgehead atoms. The van der Waals surface area contributed by atoms with Gasteiger partial charge in [0.05, 0.1) is 18.4 Å². The summed E-state index contributed by atoms with van der Waals surface area (Å²) < 4.78 is 28.0. The first-order chi connectivity index (χ1) is 12.1. The number of ketones is 1. The maximum atomic E-state index is 13.1. The lowest BCUT2D eigenvalue weighted by atomic mass is 9.49. The molecule has 0 amide bonds. The Morgan fingerprint density at radius 2 is 1.92 bits per heavy atom. The third kappa shape index (κ3) is 1.48. The van der Waals surface area contributed by atoms with Crippen LogP contribution in [0.25, 0.3) is 0 Å². The molecule has 26 heavy (non-hydrogen) atoms. The largest absolute Gasteiger partial charge is 0.458 e. The van der Waals surface area contributed by atoms with E-state index in [2.05, 4.69) is 0 Å². The Bertz CT molecular complexity index is 776. The zero-order valence-corrected chi connectivity index (χ0v) is 14.5. The number of carbonyl (C=O) groups is 4. The fraction of sp³-hybridized carbons (Fsp3) is 0.765. The molecule has 8 atom stereocenters. The van der Waals surface area contributed by atoms with Gasteiger partial charge in [-0.1, -0.05) is 6.92 Å². The minimum atomic E-state index is -1.59. The van der Waals surface area contributed by atoms with Crippen LogP contribution in [0.4, 0.5) is 0 Å². The molecular formula is C17H18O9. The van der Waals surface area contributed by atoms with Crippen LogP contribution in [0.5, 0.6) is 0 Å². The summed E-state index contributed by atoms with van der Waals surface area (Å²) in [4.78, 5) is 50.0. The van der Waals surface area contributed by atoms with Crippen molar-refractivity contribution in [3.05, 3.63) is 0 Å². The molecule has 1 spiro atoms. The van der Waals surface area contributed by atoms with E-state index in [1.165, 1.54) is 6.92 Å². The molecule has 9 heteroatoms. The summed E-state index contributed by atoms with van der Waals surface area (Å²) in [7, 11) is 0. The Morgan fingerprint density at radius 3 is 2.62 bits per heavy atom. The number of ether oxygens (including phenoxy) is 5. The minimum Gasteiger partial charge on any atom is -0.458 e. The van der Waals surface area contributed by atoms with Crippen LogP contribution in [0, 0.1) is 17.3 Å². The van der Waals surface area contributed by atoms with Crippen molar-refractivity contribution < 1.29 is 42.9 Å². The van der Waals surface area contributed by atoms with E-state index < -0.39 is 64.9 Å². The number of fused-ring (bicyclic) bond motifs is 3. The van der Waals surface area contributed by atoms with Crippen molar-refractivity contribution in [3.63, 3.8) is 0 Å². The highest BCUT2D eigenvalue weighted by atomic mass is 16.7. The lowest BCUT2D eigenvalue weighted by Crippen LogP contribution is -2.76. The van der Waals surface area contributed by atoms with Gasteiger partial charge in [-0.25, -0.2) is 4.79 Å². The summed E-state index contributed by atoms with van der Waals surface area (Å²) in [6.07, 6.45) is -3.13. The third-order valence-electron chi connectivity index (χ3n) is 6.88. The number of hydrogen-bond donors (Lipinski definition) is 0. The fourth-order valence-corrected chi connectivity index (χ4v) is 5.74. The average molecular weight is 366 g/mol. The van der Waals surface area contributed by atoms with E-state index in [0.717, 1.165) is 0 Å². The van der Waals surface area contributed by atoms with Crippen LogP contribution in [-0.4, -0.2) is 60.0 Å². The quantitative estimate of drug-likeness (QED) is 0.447. The second-order valence-electron chi connectivity index (χ2n) is 8.12. The van der Waals surface area contributed by atoms with E-state index in [1.54, 1.807) is 6.92 Å². The lowest BCUT2D eigenvalue weighted by Gasteiger charge is -2.60. The van der Waals surface area contributed by atoms with Crippen LogP contribution in [0.2, 0.25) is 0 Å². The summed E-state index contributed by atoms with van der Waals surface area (Å²) in [6.45, 7) is 4.54. The molecule has 0 aromatic carbocycles. The van der Waals surface area contributed by atoms with Gasteiger partial charge in [-0.2, -0.15) is 0 Å². The van der Waals surface area contributed by atoms with Gasteiger partial charge in [0.1, 0.15) is 6.10 Å². The van der Waals surface area contributed by atoms with Crippen molar-refractivity contribution >= 4 is 23.7 Å². The van der Waals surface area contributed by atoms with Gasteiger partial charge in [0, 0.05) is 6.92 Å². The van der Waals surface area contributed by atoms with Crippen LogP contribution in [0.1, 0.15) is 27.2 Å². The molecule has 0 aromatic heterocycles. The smallest absolute Gasteiger partial charge is 0.351 e. The molecule has 4 aliphatic heterocycles. The molecule has 1 saturated carbocycles. The number of rotatable bonds is 1. The molecule has 5 fully saturated rings. The van der Waals surface area contributed by atoms with E-state index in [1.807, 2.05) is 6.92 Å². The number of esters is 3. The predicted molar refractivity (Wildman–Crippen MR) is 78.2 cm³/mol. The average Bonchev–Trinajstić information content (AvgIpc) is 2.89. The van der Waals surface area contributed by atoms with Crippen molar-refractivity contribution in [2.24, 2.45) is 17.3 Å². The van der Waals surface area contributed by atoms with E-state index in [-0.39, 0.29) is 12.4 Å². The molecular weight excluding hydrogens is 348 g/mol. The van der Waals surface area contributed by atoms with Gasteiger partial charge < -0.3 is 23.7 Å². The number of Topliss-reactive ketones (excluding diaryl/α,β-unsaturated/α-hetero) is 1. The standard InChI is InChI=1S/C17H18O9/c1-6(18)23-11-13(21)25-16(3)8-4-15(2)7(12(20)24-8)5-22-14-9(19)10(15)17(11,16)26-14/h7-8,10-11,14H,4-5H2,1-3H3/t7-,8+,10-,11+,14?,15+,16-,17+/m0/s1. The molecule has 5 aliphatic rings. The zero-order valence-electron chi connectivity index (χ0n) is 14.5. The van der Waals surface area contributed by atoms with E-state index >= 15 is 0 Å². The molecule has 1 aliphatic carbocycles. The normalized spacial score (nSPS) is 53.7. The number of carbonyl (C=O) groups excluding carboxylic acids is 4. The van der Waals surface area contributed by atoms with Crippen LogP contribution < -0.4 is 0 Å². The van der Waals surface area contributed by atoms with Crippen LogP contribution in [0.3, 0.4) is 0 Å². The van der Waals surface area contributed by atoms with Crippen molar-refractivity contribution in [1.29, 1.82) is 0 Å². The van der Waals surface area contributed by atoms with Crippen molar-refractivity contribution in [3.8, 4) is 0 Å². The summed E-state index contributed by atoms with van der Waals surface area (Å²) in [6, 6.07) is 0. The first-order valence-corrected chi connectivity index (χ1v) is 8.59. The first kappa shape index (κ1) is 16.2. The summed E-state index contributed by atoms with van der Waals surface area (Å²) in [5, 5.41) is 0. The van der Waals surface area contributed by atoms with E-state index in [0.29, 0.717) is 6.42 Å². The minimum absolute atomic E-state index is 0.00517. The van der Waals surface area contributed by atoms with E-state index in [4.69, 9.17) is 23.7 Å². The highest BCUT2D eigenvalue weighted by Gasteiger charge is 2.86. The molecule has 0 aromatic rings. The lowest BCUT2D eigenvalue weighted by molar-refractivity contribution is -0.317. The van der Waals surface area contributed by atoms with Crippen molar-refractivity contribution in [2.45, 2.75) is 56.9 Å². The van der Waals surface area contributed by atoms with Crippen molar-refractivity contribution in [2.75, 3.05) is 6.61 Å². The second kappa shape index (κ2) is 4.45. The fourth-order valence-electron chi connectivity index (χ4n) is 5.74. The Hall–Kier alpha value is -2.00. The van der Waals surface area contributed by atoms with Gasteiger partial charge in [-0.15, -0.1) is 0 Å². The Morgan fingerprint density at radius 1 is 1.19 bits per heavy atom. The van der Waals surface area contributed by atoms with Gasteiger partial charge in [-0.3, -0.25) is 14.4 Å². The molecule has 0 N–H and O–H groups in total. The van der Waals surface area contributed by atoms with Gasteiger partial charge in [0.25, 0.3) is 0 Å². The third-order valence-corrected chi connectivity index (χ3v) is 6.88. The maximum absolute atomic E-state index is 13.1. The van der Waals surface area contributed by atoms with Gasteiger partial charge >= 0.3 is 17.9 Å². The summed E-state index contributed by atoms with van der Waals surface area (Å²) in [5.74, 6) is -3.91. The molecule has 4 saturated heterocycles. The highest BCUT2D eigenvalue weighted by molar-refractivity contribution is 5.95. The Labute approximate surface area is 148 Å². The number of hydrogen-bond acceptors (Lipinski definition) is 9. The molecule has 5 rings (SSSR count). The van der Waals surface area contributed by atoms with Crippen LogP contribution >= 0.6 is 0 Å². The summed E-state index contributed by atoms with van der Waals surface area (Å²) in [5.41, 5.74) is -3.90.